The summed E-state index contributed by atoms with van der Waals surface area (Å²) in [6.07, 6.45) is 11.7. The number of piperidine rings is 1. The number of likely N-dealkylation sites (N-methyl/N-ethyl adjacent to an activating group) is 1. The lowest BCUT2D eigenvalue weighted by Crippen LogP contribution is -2.46. The van der Waals surface area contributed by atoms with Crippen molar-refractivity contribution in [1.29, 1.82) is 0 Å². The van der Waals surface area contributed by atoms with E-state index in [0.717, 1.165) is 46.5 Å². The van der Waals surface area contributed by atoms with Crippen LogP contribution in [0.1, 0.15) is 24.8 Å². The third-order valence-corrected chi connectivity index (χ3v) is 7.63. The predicted molar refractivity (Wildman–Crippen MR) is 137 cm³/mol. The molecule has 0 radical (unpaired) electrons. The van der Waals surface area contributed by atoms with Crippen LogP contribution >= 0.6 is 0 Å². The molecule has 2 aliphatic heterocycles. The lowest BCUT2D eigenvalue weighted by atomic mass is 10.0. The number of fused-ring (bicyclic) bond motifs is 2. The van der Waals surface area contributed by atoms with E-state index in [0.29, 0.717) is 6.04 Å². The Morgan fingerprint density at radius 1 is 0.882 bits per heavy atom. The molecule has 0 unspecified atom stereocenters. The van der Waals surface area contributed by atoms with Crippen LogP contribution in [0.15, 0.2) is 49.1 Å². The highest BCUT2D eigenvalue weighted by atomic mass is 15.3. The van der Waals surface area contributed by atoms with Gasteiger partial charge in [0.1, 0.15) is 0 Å². The zero-order valence-electron chi connectivity index (χ0n) is 20.2. The molecule has 0 aliphatic carbocycles. The highest BCUT2D eigenvalue weighted by molar-refractivity contribution is 5.97. The smallest absolute Gasteiger partial charge is 0.162 e. The van der Waals surface area contributed by atoms with Crippen molar-refractivity contribution in [3.8, 4) is 11.1 Å². The van der Waals surface area contributed by atoms with E-state index in [1.54, 1.807) is 0 Å². The Bertz CT molecular complexity index is 1310. The van der Waals surface area contributed by atoms with Gasteiger partial charge < -0.3 is 9.80 Å². The molecule has 7 heteroatoms. The van der Waals surface area contributed by atoms with Crippen LogP contribution < -0.4 is 4.90 Å². The number of aromatic nitrogens is 4. The Kier molecular flexibility index (Phi) is 5.67. The van der Waals surface area contributed by atoms with Crippen LogP contribution in [0.25, 0.3) is 27.7 Å². The van der Waals surface area contributed by atoms with Crippen LogP contribution in [-0.2, 0) is 0 Å². The fourth-order valence-electron chi connectivity index (χ4n) is 5.63. The SMILES string of the molecule is Cc1ccc2nccc(-c3cnn4cc(N5CCC(N6CCCN(C)CC6)CC5)cnc34)c2c1. The molecule has 2 saturated heterocycles. The van der Waals surface area contributed by atoms with Crippen molar-refractivity contribution in [3.05, 3.63) is 54.6 Å². The molecule has 0 N–H and O–H groups in total. The first-order chi connectivity index (χ1) is 16.7. The van der Waals surface area contributed by atoms with E-state index in [2.05, 4.69) is 69.2 Å². The van der Waals surface area contributed by atoms with Gasteiger partial charge in [0, 0.05) is 49.4 Å². The number of hydrogen-bond acceptors (Lipinski definition) is 6. The Morgan fingerprint density at radius 2 is 1.76 bits per heavy atom. The highest BCUT2D eigenvalue weighted by Gasteiger charge is 2.26. The molecule has 176 valence electrons. The molecule has 34 heavy (non-hydrogen) atoms. The molecule has 0 saturated carbocycles. The number of rotatable bonds is 3. The van der Waals surface area contributed by atoms with Gasteiger partial charge in [0.25, 0.3) is 0 Å². The van der Waals surface area contributed by atoms with Crippen molar-refractivity contribution in [2.45, 2.75) is 32.2 Å². The number of pyridine rings is 1. The van der Waals surface area contributed by atoms with E-state index in [9.17, 15) is 0 Å². The molecule has 2 aliphatic rings. The lowest BCUT2D eigenvalue weighted by Gasteiger charge is -2.39. The summed E-state index contributed by atoms with van der Waals surface area (Å²) in [7, 11) is 2.24. The Morgan fingerprint density at radius 3 is 2.65 bits per heavy atom. The minimum atomic E-state index is 0.708. The molecular weight excluding hydrogens is 422 g/mol. The molecule has 5 heterocycles. The van der Waals surface area contributed by atoms with E-state index in [1.165, 1.54) is 51.0 Å². The van der Waals surface area contributed by atoms with E-state index in [-0.39, 0.29) is 0 Å². The minimum absolute atomic E-state index is 0.708. The van der Waals surface area contributed by atoms with E-state index < -0.39 is 0 Å². The third kappa shape index (κ3) is 4.03. The zero-order valence-corrected chi connectivity index (χ0v) is 20.2. The van der Waals surface area contributed by atoms with Gasteiger partial charge in [-0.1, -0.05) is 11.6 Å². The molecule has 0 spiro atoms. The molecule has 6 rings (SSSR count). The van der Waals surface area contributed by atoms with Gasteiger partial charge in [0.15, 0.2) is 5.65 Å². The van der Waals surface area contributed by atoms with Gasteiger partial charge in [-0.2, -0.15) is 5.10 Å². The van der Waals surface area contributed by atoms with Gasteiger partial charge in [-0.15, -0.1) is 0 Å². The van der Waals surface area contributed by atoms with E-state index in [1.807, 2.05) is 23.1 Å². The molecule has 0 bridgehead atoms. The summed E-state index contributed by atoms with van der Waals surface area (Å²) >= 11 is 0. The Balaban J connectivity index is 1.22. The number of nitrogens with zero attached hydrogens (tertiary/aromatic N) is 7. The molecule has 0 atom stereocenters. The van der Waals surface area contributed by atoms with Gasteiger partial charge in [0.05, 0.1) is 29.8 Å². The van der Waals surface area contributed by atoms with Crippen molar-refractivity contribution in [2.24, 2.45) is 0 Å². The second-order valence-corrected chi connectivity index (χ2v) is 9.93. The van der Waals surface area contributed by atoms with Crippen molar-refractivity contribution in [3.63, 3.8) is 0 Å². The zero-order chi connectivity index (χ0) is 23.1. The monoisotopic (exact) mass is 455 g/mol. The number of aryl methyl sites for hydroxylation is 1. The fraction of sp³-hybridized carbons (Fsp3) is 0.444. The van der Waals surface area contributed by atoms with Crippen LogP contribution in [0, 0.1) is 6.92 Å². The first-order valence-corrected chi connectivity index (χ1v) is 12.5. The molecule has 7 nitrogen and oxygen atoms in total. The lowest BCUT2D eigenvalue weighted by molar-refractivity contribution is 0.174. The largest absolute Gasteiger partial charge is 0.369 e. The predicted octanol–water partition coefficient (Wildman–Crippen LogP) is 3.86. The fourth-order valence-corrected chi connectivity index (χ4v) is 5.63. The molecule has 3 aromatic heterocycles. The summed E-state index contributed by atoms with van der Waals surface area (Å²) in [5, 5.41) is 5.82. The Hall–Kier alpha value is -3.03. The van der Waals surface area contributed by atoms with E-state index >= 15 is 0 Å². The van der Waals surface area contributed by atoms with Crippen LogP contribution in [0.5, 0.6) is 0 Å². The standard InChI is InChI=1S/C27H33N7/c1-20-4-5-26-24(16-20)23(6-9-28-26)25-18-30-34-19-22(17-29-27(25)34)33-12-7-21(8-13-33)32-11-3-10-31(2)14-15-32/h4-6,9,16-19,21H,3,7-8,10-15H2,1-2H3. The van der Waals surface area contributed by atoms with Crippen molar-refractivity contribution in [1.82, 2.24) is 29.4 Å². The topological polar surface area (TPSA) is 52.8 Å². The van der Waals surface area contributed by atoms with Gasteiger partial charge in [-0.25, -0.2) is 9.50 Å². The van der Waals surface area contributed by atoms with Crippen LogP contribution in [0.3, 0.4) is 0 Å². The van der Waals surface area contributed by atoms with Gasteiger partial charge in [-0.3, -0.25) is 9.88 Å². The van der Waals surface area contributed by atoms with Gasteiger partial charge in [-0.05, 0) is 70.1 Å². The van der Waals surface area contributed by atoms with Crippen molar-refractivity contribution in [2.75, 3.05) is 51.2 Å². The molecule has 4 aromatic rings. The number of hydrogen-bond donors (Lipinski definition) is 0. The summed E-state index contributed by atoms with van der Waals surface area (Å²) in [4.78, 5) is 17.1. The summed E-state index contributed by atoms with van der Waals surface area (Å²) in [6.45, 7) is 9.12. The van der Waals surface area contributed by atoms with Crippen LogP contribution in [0.2, 0.25) is 0 Å². The molecule has 2 fully saturated rings. The van der Waals surface area contributed by atoms with Crippen molar-refractivity contribution < 1.29 is 0 Å². The second-order valence-electron chi connectivity index (χ2n) is 9.93. The van der Waals surface area contributed by atoms with Crippen molar-refractivity contribution >= 4 is 22.2 Å². The first-order valence-electron chi connectivity index (χ1n) is 12.5. The molecular formula is C27H33N7. The average Bonchev–Trinajstić information content (AvgIpc) is 3.16. The third-order valence-electron chi connectivity index (χ3n) is 7.63. The first kappa shape index (κ1) is 21.5. The Labute approximate surface area is 201 Å². The highest BCUT2D eigenvalue weighted by Crippen LogP contribution is 2.31. The maximum absolute atomic E-state index is 4.87. The average molecular weight is 456 g/mol. The number of benzene rings is 1. The van der Waals surface area contributed by atoms with Gasteiger partial charge >= 0.3 is 0 Å². The summed E-state index contributed by atoms with van der Waals surface area (Å²) in [5.74, 6) is 0. The maximum atomic E-state index is 4.87. The normalized spacial score (nSPS) is 19.2. The minimum Gasteiger partial charge on any atom is -0.369 e. The quantitative estimate of drug-likeness (QED) is 0.468. The summed E-state index contributed by atoms with van der Waals surface area (Å²) < 4.78 is 1.93. The van der Waals surface area contributed by atoms with E-state index in [4.69, 9.17) is 4.98 Å². The maximum Gasteiger partial charge on any atom is 0.162 e. The van der Waals surface area contributed by atoms with Crippen LogP contribution in [0.4, 0.5) is 5.69 Å². The van der Waals surface area contributed by atoms with Crippen LogP contribution in [-0.4, -0.2) is 81.7 Å². The summed E-state index contributed by atoms with van der Waals surface area (Å²) in [5.41, 5.74) is 6.46. The molecule has 0 amide bonds. The second kappa shape index (κ2) is 8.96. The van der Waals surface area contributed by atoms with Gasteiger partial charge in [0.2, 0.25) is 0 Å². The molecule has 1 aromatic carbocycles. The number of anilines is 1. The summed E-state index contributed by atoms with van der Waals surface area (Å²) in [6, 6.07) is 9.16.